The lowest BCUT2D eigenvalue weighted by molar-refractivity contribution is -0.123. The molecule has 0 aliphatic carbocycles. The SMILES string of the molecule is CC(OC(=O)c1ccc2ocnc2c1)C(=O)Nc1cc(=O)n(-c2ccccc2)[nH]1. The summed E-state index contributed by atoms with van der Waals surface area (Å²) in [4.78, 5) is 40.8. The molecule has 146 valence electrons. The summed E-state index contributed by atoms with van der Waals surface area (Å²) in [5.74, 6) is -1.06. The number of H-pyrrole nitrogens is 1. The molecule has 2 aromatic heterocycles. The second-order valence-corrected chi connectivity index (χ2v) is 6.25. The molecule has 0 bridgehead atoms. The number of aromatic amines is 1. The molecule has 9 nitrogen and oxygen atoms in total. The lowest BCUT2D eigenvalue weighted by Gasteiger charge is -2.12. The maximum Gasteiger partial charge on any atom is 0.338 e. The van der Waals surface area contributed by atoms with Crippen molar-refractivity contribution in [2.24, 2.45) is 0 Å². The number of carbonyl (C=O) groups excluding carboxylic acids is 2. The highest BCUT2D eigenvalue weighted by Crippen LogP contribution is 2.15. The number of anilines is 1. The minimum Gasteiger partial charge on any atom is -0.449 e. The Kier molecular flexibility index (Phi) is 4.70. The number of fused-ring (bicyclic) bond motifs is 1. The van der Waals surface area contributed by atoms with Crippen molar-refractivity contribution >= 4 is 28.8 Å². The minimum atomic E-state index is -1.08. The fourth-order valence-electron chi connectivity index (χ4n) is 2.73. The maximum absolute atomic E-state index is 12.4. The van der Waals surface area contributed by atoms with Crippen LogP contribution in [-0.2, 0) is 9.53 Å². The lowest BCUT2D eigenvalue weighted by Crippen LogP contribution is -2.30. The van der Waals surface area contributed by atoms with Gasteiger partial charge in [0.05, 0.1) is 11.3 Å². The molecule has 0 radical (unpaired) electrons. The highest BCUT2D eigenvalue weighted by molar-refractivity contribution is 5.98. The summed E-state index contributed by atoms with van der Waals surface area (Å²) in [6, 6.07) is 14.8. The second-order valence-electron chi connectivity index (χ2n) is 6.25. The Labute approximate surface area is 163 Å². The van der Waals surface area contributed by atoms with Gasteiger partial charge in [-0.3, -0.25) is 14.7 Å². The van der Waals surface area contributed by atoms with Crippen LogP contribution in [-0.4, -0.2) is 32.7 Å². The van der Waals surface area contributed by atoms with E-state index in [2.05, 4.69) is 15.4 Å². The topological polar surface area (TPSA) is 119 Å². The normalized spacial score (nSPS) is 11.9. The smallest absolute Gasteiger partial charge is 0.338 e. The van der Waals surface area contributed by atoms with E-state index in [4.69, 9.17) is 9.15 Å². The second kappa shape index (κ2) is 7.47. The van der Waals surface area contributed by atoms with Crippen LogP contribution in [0, 0.1) is 0 Å². The first kappa shape index (κ1) is 18.2. The molecule has 2 aromatic carbocycles. The third-order valence-corrected chi connectivity index (χ3v) is 4.21. The molecule has 2 heterocycles. The zero-order valence-corrected chi connectivity index (χ0v) is 15.3. The van der Waals surface area contributed by atoms with Gasteiger partial charge in [-0.2, -0.15) is 0 Å². The van der Waals surface area contributed by atoms with Gasteiger partial charge in [-0.25, -0.2) is 14.5 Å². The van der Waals surface area contributed by atoms with Gasteiger partial charge < -0.3 is 14.5 Å². The van der Waals surface area contributed by atoms with Gasteiger partial charge in [0.25, 0.3) is 11.5 Å². The molecule has 0 aliphatic heterocycles. The van der Waals surface area contributed by atoms with Crippen LogP contribution in [0.3, 0.4) is 0 Å². The van der Waals surface area contributed by atoms with E-state index >= 15 is 0 Å². The average molecular weight is 392 g/mol. The Hall–Kier alpha value is -4.14. The first-order chi connectivity index (χ1) is 14.0. The Balaban J connectivity index is 1.43. The Bertz CT molecular complexity index is 1240. The van der Waals surface area contributed by atoms with Crippen molar-refractivity contribution in [3.05, 3.63) is 76.9 Å². The number of benzene rings is 2. The van der Waals surface area contributed by atoms with E-state index in [9.17, 15) is 14.4 Å². The molecule has 1 amide bonds. The maximum atomic E-state index is 12.4. The van der Waals surface area contributed by atoms with Crippen LogP contribution in [0.4, 0.5) is 5.82 Å². The van der Waals surface area contributed by atoms with Crippen molar-refractivity contribution < 1.29 is 18.7 Å². The number of para-hydroxylation sites is 1. The van der Waals surface area contributed by atoms with Crippen LogP contribution in [0.15, 0.2) is 70.2 Å². The zero-order valence-electron chi connectivity index (χ0n) is 15.3. The highest BCUT2D eigenvalue weighted by Gasteiger charge is 2.20. The largest absolute Gasteiger partial charge is 0.449 e. The number of nitrogens with zero attached hydrogens (tertiary/aromatic N) is 2. The fraction of sp³-hybridized carbons (Fsp3) is 0.100. The van der Waals surface area contributed by atoms with E-state index < -0.39 is 18.0 Å². The molecule has 1 atom stereocenters. The summed E-state index contributed by atoms with van der Waals surface area (Å²) in [7, 11) is 0. The van der Waals surface area contributed by atoms with Crippen LogP contribution >= 0.6 is 0 Å². The molecule has 0 fully saturated rings. The standard InChI is InChI=1S/C20H16N4O5/c1-12(29-20(27)13-7-8-16-15(9-13)21-11-28-16)19(26)22-17-10-18(25)24(23-17)14-5-3-2-4-6-14/h2-12,23H,1H3,(H,22,26). The number of carbonyl (C=O) groups is 2. The molecule has 9 heteroatoms. The van der Waals surface area contributed by atoms with Crippen LogP contribution in [0.1, 0.15) is 17.3 Å². The molecule has 1 unspecified atom stereocenters. The number of ether oxygens (including phenoxy) is 1. The molecule has 0 aliphatic rings. The quantitative estimate of drug-likeness (QED) is 0.504. The lowest BCUT2D eigenvalue weighted by atomic mass is 10.2. The Morgan fingerprint density at radius 1 is 1.17 bits per heavy atom. The van der Waals surface area contributed by atoms with Crippen LogP contribution in [0.2, 0.25) is 0 Å². The van der Waals surface area contributed by atoms with Crippen molar-refractivity contribution in [2.75, 3.05) is 5.32 Å². The fourth-order valence-corrected chi connectivity index (χ4v) is 2.73. The van der Waals surface area contributed by atoms with Gasteiger partial charge >= 0.3 is 5.97 Å². The monoisotopic (exact) mass is 392 g/mol. The number of aromatic nitrogens is 3. The predicted octanol–water partition coefficient (Wildman–Crippen LogP) is 2.49. The first-order valence-electron chi connectivity index (χ1n) is 8.74. The minimum absolute atomic E-state index is 0.191. The number of oxazole rings is 1. The number of nitrogens with one attached hydrogen (secondary N) is 2. The van der Waals surface area contributed by atoms with Gasteiger partial charge in [0.2, 0.25) is 0 Å². The van der Waals surface area contributed by atoms with Crippen molar-refractivity contribution in [3.8, 4) is 5.69 Å². The van der Waals surface area contributed by atoms with Crippen molar-refractivity contribution in [2.45, 2.75) is 13.0 Å². The molecule has 0 spiro atoms. The first-order valence-corrected chi connectivity index (χ1v) is 8.74. The van der Waals surface area contributed by atoms with Crippen LogP contribution < -0.4 is 10.9 Å². The summed E-state index contributed by atoms with van der Waals surface area (Å²) in [6.45, 7) is 1.44. The summed E-state index contributed by atoms with van der Waals surface area (Å²) < 4.78 is 11.6. The molecule has 0 saturated heterocycles. The summed E-state index contributed by atoms with van der Waals surface area (Å²) in [5.41, 5.74) is 1.59. The third kappa shape index (κ3) is 3.79. The zero-order chi connectivity index (χ0) is 20.4. The molecule has 2 N–H and O–H groups in total. The summed E-state index contributed by atoms with van der Waals surface area (Å²) in [6.07, 6.45) is 0.192. The molecular weight excluding hydrogens is 376 g/mol. The predicted molar refractivity (Wildman–Crippen MR) is 104 cm³/mol. The number of hydrogen-bond acceptors (Lipinski definition) is 6. The van der Waals surface area contributed by atoms with Crippen LogP contribution in [0.5, 0.6) is 0 Å². The van der Waals surface area contributed by atoms with E-state index in [1.54, 1.807) is 30.3 Å². The van der Waals surface area contributed by atoms with E-state index in [0.717, 1.165) is 0 Å². The average Bonchev–Trinajstić information content (AvgIpc) is 3.34. The van der Waals surface area contributed by atoms with Gasteiger partial charge in [-0.05, 0) is 37.3 Å². The number of amides is 1. The number of rotatable bonds is 5. The van der Waals surface area contributed by atoms with Gasteiger partial charge in [0, 0.05) is 6.07 Å². The van der Waals surface area contributed by atoms with E-state index in [0.29, 0.717) is 16.8 Å². The molecule has 4 rings (SSSR count). The summed E-state index contributed by atoms with van der Waals surface area (Å²) >= 11 is 0. The van der Waals surface area contributed by atoms with Crippen molar-refractivity contribution in [1.82, 2.24) is 14.8 Å². The van der Waals surface area contributed by atoms with Gasteiger partial charge in [-0.15, -0.1) is 0 Å². The number of esters is 1. The van der Waals surface area contributed by atoms with Gasteiger partial charge in [-0.1, -0.05) is 18.2 Å². The van der Waals surface area contributed by atoms with Crippen molar-refractivity contribution in [1.29, 1.82) is 0 Å². The van der Waals surface area contributed by atoms with Gasteiger partial charge in [0.1, 0.15) is 11.3 Å². The van der Waals surface area contributed by atoms with E-state index in [1.807, 2.05) is 6.07 Å². The molecule has 0 saturated carbocycles. The number of hydrogen-bond donors (Lipinski definition) is 2. The molecule has 4 aromatic rings. The highest BCUT2D eigenvalue weighted by atomic mass is 16.5. The summed E-state index contributed by atoms with van der Waals surface area (Å²) in [5, 5.41) is 5.33. The van der Waals surface area contributed by atoms with Crippen LogP contribution in [0.25, 0.3) is 16.8 Å². The van der Waals surface area contributed by atoms with Crippen molar-refractivity contribution in [3.63, 3.8) is 0 Å². The van der Waals surface area contributed by atoms with Gasteiger partial charge in [0.15, 0.2) is 18.1 Å². The molecular formula is C20H16N4O5. The Morgan fingerprint density at radius 3 is 2.76 bits per heavy atom. The van der Waals surface area contributed by atoms with E-state index in [-0.39, 0.29) is 16.9 Å². The van der Waals surface area contributed by atoms with E-state index in [1.165, 1.54) is 36.2 Å². The molecule has 29 heavy (non-hydrogen) atoms. The Morgan fingerprint density at radius 2 is 1.97 bits per heavy atom. The third-order valence-electron chi connectivity index (χ3n) is 4.21.